The molecule has 0 bridgehead atoms. The molecule has 6 nitrogen and oxygen atoms in total. The Bertz CT molecular complexity index is 1400. The van der Waals surface area contributed by atoms with Crippen LogP contribution in [0.3, 0.4) is 0 Å². The molecule has 1 heterocycles. The molecule has 34 heavy (non-hydrogen) atoms. The zero-order valence-corrected chi connectivity index (χ0v) is 18.9. The Balaban J connectivity index is 1.70. The number of hydrogen-bond donors (Lipinski definition) is 1. The summed E-state index contributed by atoms with van der Waals surface area (Å²) in [6, 6.07) is 23.1. The van der Waals surface area contributed by atoms with Gasteiger partial charge in [-0.1, -0.05) is 72.3 Å². The summed E-state index contributed by atoms with van der Waals surface area (Å²) in [5.41, 5.74) is 10.3. The highest BCUT2D eigenvalue weighted by Crippen LogP contribution is 2.42. The number of rotatable bonds is 5. The fourth-order valence-electron chi connectivity index (χ4n) is 4.72. The van der Waals surface area contributed by atoms with Crippen molar-refractivity contribution in [2.75, 3.05) is 5.73 Å². The van der Waals surface area contributed by atoms with Crippen LogP contribution in [0.15, 0.2) is 78.9 Å². The van der Waals surface area contributed by atoms with Gasteiger partial charge >= 0.3 is 0 Å². The number of fused-ring (bicyclic) bond motifs is 1. The van der Waals surface area contributed by atoms with Crippen molar-refractivity contribution in [1.29, 1.82) is 0 Å². The molecule has 1 aliphatic rings. The summed E-state index contributed by atoms with van der Waals surface area (Å²) in [5.74, 6) is -3.10. The average molecular weight is 450 g/mol. The first-order valence-corrected chi connectivity index (χ1v) is 11.1. The van der Waals surface area contributed by atoms with Crippen LogP contribution in [-0.4, -0.2) is 27.1 Å². The molecule has 0 aliphatic heterocycles. The van der Waals surface area contributed by atoms with Gasteiger partial charge < -0.3 is 5.73 Å². The number of carbonyl (C=O) groups excluding carboxylic acids is 3. The number of anilines is 1. The lowest BCUT2D eigenvalue weighted by molar-refractivity contribution is 0.0757. The van der Waals surface area contributed by atoms with Crippen molar-refractivity contribution >= 4 is 23.2 Å². The van der Waals surface area contributed by atoms with E-state index < -0.39 is 11.8 Å². The highest BCUT2D eigenvalue weighted by Gasteiger charge is 2.48. The fourth-order valence-corrected chi connectivity index (χ4v) is 4.72. The summed E-state index contributed by atoms with van der Waals surface area (Å²) < 4.78 is 1.55. The van der Waals surface area contributed by atoms with E-state index in [4.69, 9.17) is 5.73 Å². The Hall–Kier alpha value is -4.32. The summed E-state index contributed by atoms with van der Waals surface area (Å²) >= 11 is 0. The van der Waals surface area contributed by atoms with Crippen LogP contribution in [0.5, 0.6) is 0 Å². The van der Waals surface area contributed by atoms with Gasteiger partial charge in [0.1, 0.15) is 11.7 Å². The maximum atomic E-state index is 13.9. The van der Waals surface area contributed by atoms with Crippen molar-refractivity contribution in [1.82, 2.24) is 9.78 Å². The van der Waals surface area contributed by atoms with Gasteiger partial charge in [0.25, 0.3) is 0 Å². The number of aromatic nitrogens is 2. The molecule has 168 valence electrons. The molecule has 0 saturated heterocycles. The second-order valence-corrected chi connectivity index (χ2v) is 8.59. The standard InChI is InChI=1S/C28H23N3O3/c1-16-12-14-18(15-13-16)25(32)23(24-26(33)20-10-6-7-11-21(20)27(24)34)22-17(2)30-31(28(22)29)19-8-4-3-5-9-19/h3-15,23-24H,29H2,1-2H3. The minimum Gasteiger partial charge on any atom is -0.383 e. The number of nitrogen functional groups attached to an aromatic ring is 1. The molecular formula is C28H23N3O3. The van der Waals surface area contributed by atoms with E-state index in [2.05, 4.69) is 5.10 Å². The van der Waals surface area contributed by atoms with Gasteiger partial charge in [-0.15, -0.1) is 0 Å². The number of ketones is 3. The minimum absolute atomic E-state index is 0.241. The molecule has 0 fully saturated rings. The van der Waals surface area contributed by atoms with Crippen LogP contribution >= 0.6 is 0 Å². The molecule has 3 aromatic carbocycles. The van der Waals surface area contributed by atoms with Gasteiger partial charge in [-0.2, -0.15) is 5.10 Å². The topological polar surface area (TPSA) is 95.0 Å². The fraction of sp³-hybridized carbons (Fsp3) is 0.143. The van der Waals surface area contributed by atoms with E-state index >= 15 is 0 Å². The van der Waals surface area contributed by atoms with Crippen LogP contribution in [0, 0.1) is 19.8 Å². The monoisotopic (exact) mass is 449 g/mol. The summed E-state index contributed by atoms with van der Waals surface area (Å²) in [6.45, 7) is 3.68. The zero-order valence-electron chi connectivity index (χ0n) is 18.9. The van der Waals surface area contributed by atoms with Crippen molar-refractivity contribution in [3.05, 3.63) is 112 Å². The van der Waals surface area contributed by atoms with Gasteiger partial charge in [-0.25, -0.2) is 4.68 Å². The summed E-state index contributed by atoms with van der Waals surface area (Å²) in [5, 5.41) is 4.58. The van der Waals surface area contributed by atoms with Crippen LogP contribution in [0.25, 0.3) is 5.69 Å². The first kappa shape index (κ1) is 21.5. The van der Waals surface area contributed by atoms with Gasteiger partial charge in [0.2, 0.25) is 0 Å². The van der Waals surface area contributed by atoms with E-state index in [0.717, 1.165) is 11.3 Å². The number of aryl methyl sites for hydroxylation is 2. The normalized spacial score (nSPS) is 14.3. The lowest BCUT2D eigenvalue weighted by Gasteiger charge is -2.21. The third kappa shape index (κ3) is 3.35. The number of nitrogens with zero attached hydrogens (tertiary/aromatic N) is 2. The quantitative estimate of drug-likeness (QED) is 0.351. The molecule has 0 radical (unpaired) electrons. The molecule has 1 aliphatic carbocycles. The molecule has 1 unspecified atom stereocenters. The molecule has 1 atom stereocenters. The maximum Gasteiger partial charge on any atom is 0.175 e. The van der Waals surface area contributed by atoms with E-state index in [-0.39, 0.29) is 23.2 Å². The third-order valence-electron chi connectivity index (χ3n) is 6.43. The molecule has 2 N–H and O–H groups in total. The van der Waals surface area contributed by atoms with E-state index in [1.54, 1.807) is 48.0 Å². The molecule has 0 amide bonds. The number of para-hydroxylation sites is 1. The van der Waals surface area contributed by atoms with Crippen molar-refractivity contribution in [3.8, 4) is 5.69 Å². The van der Waals surface area contributed by atoms with Crippen LogP contribution in [0.1, 0.15) is 53.8 Å². The minimum atomic E-state index is -1.19. The van der Waals surface area contributed by atoms with Crippen LogP contribution in [0.4, 0.5) is 5.82 Å². The molecule has 1 aromatic heterocycles. The van der Waals surface area contributed by atoms with Gasteiger partial charge in [-0.05, 0) is 26.0 Å². The smallest absolute Gasteiger partial charge is 0.175 e. The van der Waals surface area contributed by atoms with Gasteiger partial charge in [0.15, 0.2) is 17.3 Å². The van der Waals surface area contributed by atoms with E-state index in [0.29, 0.717) is 27.9 Å². The SMILES string of the molecule is Cc1ccc(C(=O)C(c2c(C)nn(-c3ccccc3)c2N)C2C(=O)c3ccccc3C2=O)cc1. The number of carbonyl (C=O) groups is 3. The van der Waals surface area contributed by atoms with Crippen LogP contribution in [0.2, 0.25) is 0 Å². The van der Waals surface area contributed by atoms with Crippen LogP contribution in [-0.2, 0) is 0 Å². The van der Waals surface area contributed by atoms with Gasteiger partial charge in [0, 0.05) is 22.3 Å². The Morgan fingerprint density at radius 3 is 2.00 bits per heavy atom. The van der Waals surface area contributed by atoms with Crippen molar-refractivity contribution < 1.29 is 14.4 Å². The lowest BCUT2D eigenvalue weighted by Crippen LogP contribution is -2.31. The summed E-state index contributed by atoms with van der Waals surface area (Å²) in [7, 11) is 0. The number of Topliss-reactive ketones (excluding diaryl/α,β-unsaturated/α-hetero) is 3. The van der Waals surface area contributed by atoms with Crippen molar-refractivity contribution in [2.24, 2.45) is 5.92 Å². The average Bonchev–Trinajstić information content (AvgIpc) is 3.29. The number of hydrogen-bond acceptors (Lipinski definition) is 5. The molecule has 5 rings (SSSR count). The molecule has 0 saturated carbocycles. The first-order chi connectivity index (χ1) is 16.4. The lowest BCUT2D eigenvalue weighted by atomic mass is 9.77. The summed E-state index contributed by atoms with van der Waals surface area (Å²) in [6.07, 6.45) is 0. The van der Waals surface area contributed by atoms with Gasteiger partial charge in [-0.3, -0.25) is 14.4 Å². The Kier molecular flexibility index (Phi) is 5.21. The Morgan fingerprint density at radius 2 is 1.41 bits per heavy atom. The van der Waals surface area contributed by atoms with Crippen molar-refractivity contribution in [3.63, 3.8) is 0 Å². The largest absolute Gasteiger partial charge is 0.383 e. The Labute approximate surface area is 197 Å². The first-order valence-electron chi connectivity index (χ1n) is 11.1. The second-order valence-electron chi connectivity index (χ2n) is 8.59. The molecule has 6 heteroatoms. The second kappa shape index (κ2) is 8.23. The summed E-state index contributed by atoms with van der Waals surface area (Å²) in [4.78, 5) is 40.9. The predicted octanol–water partition coefficient (Wildman–Crippen LogP) is 4.73. The van der Waals surface area contributed by atoms with Crippen LogP contribution < -0.4 is 5.73 Å². The van der Waals surface area contributed by atoms with Gasteiger partial charge in [0.05, 0.1) is 17.3 Å². The highest BCUT2D eigenvalue weighted by molar-refractivity contribution is 6.29. The molecule has 4 aromatic rings. The van der Waals surface area contributed by atoms with E-state index in [9.17, 15) is 14.4 Å². The molecular weight excluding hydrogens is 426 g/mol. The van der Waals surface area contributed by atoms with E-state index in [1.807, 2.05) is 49.4 Å². The molecule has 0 spiro atoms. The number of nitrogens with two attached hydrogens (primary N) is 1. The van der Waals surface area contributed by atoms with Crippen molar-refractivity contribution in [2.45, 2.75) is 19.8 Å². The number of benzene rings is 3. The Morgan fingerprint density at radius 1 is 0.853 bits per heavy atom. The third-order valence-corrected chi connectivity index (χ3v) is 6.43. The van der Waals surface area contributed by atoms with E-state index in [1.165, 1.54) is 0 Å². The highest BCUT2D eigenvalue weighted by atomic mass is 16.2. The predicted molar refractivity (Wildman–Crippen MR) is 130 cm³/mol. The maximum absolute atomic E-state index is 13.9. The zero-order chi connectivity index (χ0) is 24.0.